The van der Waals surface area contributed by atoms with Crippen LogP contribution in [0.3, 0.4) is 0 Å². The van der Waals surface area contributed by atoms with Gasteiger partial charge < -0.3 is 0 Å². The zero-order chi connectivity index (χ0) is 13.6. The van der Waals surface area contributed by atoms with Gasteiger partial charge in [0, 0.05) is 5.56 Å². The lowest BCUT2D eigenvalue weighted by Gasteiger charge is -2.10. The molecule has 0 saturated carbocycles. The molecule has 0 aliphatic heterocycles. The van der Waals surface area contributed by atoms with Gasteiger partial charge in [0.2, 0.25) is 0 Å². The van der Waals surface area contributed by atoms with Crippen LogP contribution in [0.5, 0.6) is 0 Å². The van der Waals surface area contributed by atoms with Gasteiger partial charge in [0.05, 0.1) is 11.9 Å². The average Bonchev–Trinajstić information content (AvgIpc) is 2.67. The number of aryl methyl sites for hydroxylation is 3. The summed E-state index contributed by atoms with van der Waals surface area (Å²) in [6.07, 6.45) is 1.87. The first kappa shape index (κ1) is 12.4. The van der Waals surface area contributed by atoms with E-state index < -0.39 is 0 Å². The molecule has 0 aliphatic carbocycles. The summed E-state index contributed by atoms with van der Waals surface area (Å²) in [4.78, 5) is 4.32. The van der Waals surface area contributed by atoms with Gasteiger partial charge in [0.1, 0.15) is 4.60 Å². The summed E-state index contributed by atoms with van der Waals surface area (Å²) in [7, 11) is 0. The number of imidazole rings is 1. The van der Waals surface area contributed by atoms with E-state index in [1.54, 1.807) is 4.52 Å². The summed E-state index contributed by atoms with van der Waals surface area (Å²) < 4.78 is 2.60. The molecule has 0 N–H and O–H groups in total. The van der Waals surface area contributed by atoms with Crippen molar-refractivity contribution in [2.75, 3.05) is 0 Å². The molecule has 0 bridgehead atoms. The van der Waals surface area contributed by atoms with Gasteiger partial charge in [0.25, 0.3) is 0 Å². The van der Waals surface area contributed by atoms with Crippen LogP contribution in [0.15, 0.2) is 35.1 Å². The summed E-state index contributed by atoms with van der Waals surface area (Å²) in [6.45, 7) is 6.38. The molecule has 0 radical (unpaired) electrons. The molecule has 1 aromatic carbocycles. The predicted octanol–water partition coefficient (Wildman–Crippen LogP) is 4.08. The van der Waals surface area contributed by atoms with Crippen molar-refractivity contribution in [3.05, 3.63) is 51.8 Å². The molecule has 2 heterocycles. The molecular weight excluding hydrogens is 302 g/mol. The zero-order valence-electron chi connectivity index (χ0n) is 11.1. The number of aromatic nitrogens is 3. The van der Waals surface area contributed by atoms with Crippen molar-refractivity contribution in [1.82, 2.24) is 14.6 Å². The number of halogens is 1. The molecular formula is C15H14BrN3. The van der Waals surface area contributed by atoms with Crippen LogP contribution in [-0.2, 0) is 0 Å². The summed E-state index contributed by atoms with van der Waals surface area (Å²) in [5.41, 5.74) is 6.82. The van der Waals surface area contributed by atoms with Crippen LogP contribution >= 0.6 is 15.9 Å². The summed E-state index contributed by atoms with van der Waals surface area (Å²) in [6, 6.07) is 8.40. The van der Waals surface area contributed by atoms with Gasteiger partial charge in [-0.2, -0.15) is 5.10 Å². The van der Waals surface area contributed by atoms with Gasteiger partial charge in [-0.15, -0.1) is 0 Å². The molecule has 3 nitrogen and oxygen atoms in total. The smallest absolute Gasteiger partial charge is 0.154 e. The number of fused-ring (bicyclic) bond motifs is 1. The Bertz CT molecular complexity index is 751. The first-order valence-electron chi connectivity index (χ1n) is 6.15. The Hall–Kier alpha value is -1.68. The van der Waals surface area contributed by atoms with Crippen molar-refractivity contribution in [3.8, 4) is 11.3 Å². The molecule has 0 fully saturated rings. The third-order valence-electron chi connectivity index (χ3n) is 3.22. The Morgan fingerprint density at radius 3 is 2.42 bits per heavy atom. The molecule has 0 amide bonds. The molecule has 0 unspecified atom stereocenters. The number of nitrogens with zero attached hydrogens (tertiary/aromatic N) is 3. The zero-order valence-corrected chi connectivity index (χ0v) is 12.7. The highest BCUT2D eigenvalue weighted by molar-refractivity contribution is 9.10. The molecule has 0 atom stereocenters. The Balaban J connectivity index is 2.24. The highest BCUT2D eigenvalue weighted by Crippen LogP contribution is 2.27. The van der Waals surface area contributed by atoms with Gasteiger partial charge in [-0.25, -0.2) is 9.50 Å². The minimum atomic E-state index is 0.800. The third-order valence-corrected chi connectivity index (χ3v) is 3.61. The fourth-order valence-corrected chi connectivity index (χ4v) is 2.95. The quantitative estimate of drug-likeness (QED) is 0.677. The first-order valence-corrected chi connectivity index (χ1v) is 6.94. The van der Waals surface area contributed by atoms with Crippen molar-refractivity contribution in [2.24, 2.45) is 0 Å². The van der Waals surface area contributed by atoms with Gasteiger partial charge in [-0.05, 0) is 60.0 Å². The maximum absolute atomic E-state index is 4.64. The maximum Gasteiger partial charge on any atom is 0.154 e. The second kappa shape index (κ2) is 4.46. The topological polar surface area (TPSA) is 30.2 Å². The summed E-state index contributed by atoms with van der Waals surface area (Å²) in [5.74, 6) is 0. The van der Waals surface area contributed by atoms with E-state index >= 15 is 0 Å². The van der Waals surface area contributed by atoms with Crippen LogP contribution < -0.4 is 0 Å². The summed E-state index contributed by atoms with van der Waals surface area (Å²) >= 11 is 3.37. The van der Waals surface area contributed by atoms with E-state index in [0.29, 0.717) is 0 Å². The molecule has 0 aliphatic rings. The van der Waals surface area contributed by atoms with Crippen LogP contribution in [0.1, 0.15) is 16.7 Å². The van der Waals surface area contributed by atoms with Gasteiger partial charge in [-0.1, -0.05) is 17.7 Å². The number of hydrogen-bond donors (Lipinski definition) is 0. The second-order valence-corrected chi connectivity index (χ2v) is 5.67. The molecule has 0 saturated heterocycles. The van der Waals surface area contributed by atoms with Crippen LogP contribution in [0.2, 0.25) is 0 Å². The lowest BCUT2D eigenvalue weighted by atomic mass is 9.97. The standard InChI is InChI=1S/C15H14BrN3/c1-9-6-10(2)15(11(3)7-9)12-4-5-14-17-13(16)8-19(14)18-12/h4-8H,1-3H3. The number of hydrogen-bond acceptors (Lipinski definition) is 2. The van der Waals surface area contributed by atoms with E-state index in [-0.39, 0.29) is 0 Å². The number of benzene rings is 1. The highest BCUT2D eigenvalue weighted by atomic mass is 79.9. The van der Waals surface area contributed by atoms with Crippen LogP contribution in [0.25, 0.3) is 16.9 Å². The third kappa shape index (κ3) is 2.16. The fraction of sp³-hybridized carbons (Fsp3) is 0.200. The van der Waals surface area contributed by atoms with Crippen molar-refractivity contribution >= 4 is 21.6 Å². The Morgan fingerprint density at radius 1 is 1.05 bits per heavy atom. The largest absolute Gasteiger partial charge is 0.220 e. The minimum Gasteiger partial charge on any atom is -0.220 e. The lowest BCUT2D eigenvalue weighted by Crippen LogP contribution is -1.97. The lowest BCUT2D eigenvalue weighted by molar-refractivity contribution is 0.939. The van der Waals surface area contributed by atoms with Crippen molar-refractivity contribution in [1.29, 1.82) is 0 Å². The van der Waals surface area contributed by atoms with E-state index in [0.717, 1.165) is 15.9 Å². The fourth-order valence-electron chi connectivity index (χ4n) is 2.57. The Morgan fingerprint density at radius 2 is 1.74 bits per heavy atom. The molecule has 2 aromatic heterocycles. The average molecular weight is 316 g/mol. The molecule has 19 heavy (non-hydrogen) atoms. The van der Waals surface area contributed by atoms with E-state index in [1.807, 2.05) is 18.3 Å². The van der Waals surface area contributed by atoms with Gasteiger partial charge >= 0.3 is 0 Å². The van der Waals surface area contributed by atoms with Crippen molar-refractivity contribution < 1.29 is 0 Å². The first-order chi connectivity index (χ1) is 9.04. The molecule has 3 rings (SSSR count). The molecule has 96 valence electrons. The highest BCUT2D eigenvalue weighted by Gasteiger charge is 2.09. The van der Waals surface area contributed by atoms with Crippen molar-refractivity contribution in [3.63, 3.8) is 0 Å². The Kier molecular flexibility index (Phi) is 2.90. The molecule has 3 aromatic rings. The van der Waals surface area contributed by atoms with E-state index in [4.69, 9.17) is 0 Å². The van der Waals surface area contributed by atoms with Crippen LogP contribution in [0.4, 0.5) is 0 Å². The normalized spacial score (nSPS) is 11.2. The molecule has 4 heteroatoms. The summed E-state index contributed by atoms with van der Waals surface area (Å²) in [5, 5.41) is 4.64. The maximum atomic E-state index is 4.64. The van der Waals surface area contributed by atoms with E-state index in [9.17, 15) is 0 Å². The van der Waals surface area contributed by atoms with Gasteiger partial charge in [-0.3, -0.25) is 0 Å². The van der Waals surface area contributed by atoms with E-state index in [1.165, 1.54) is 22.3 Å². The van der Waals surface area contributed by atoms with E-state index in [2.05, 4.69) is 58.9 Å². The SMILES string of the molecule is Cc1cc(C)c(-c2ccc3nc(Br)cn3n2)c(C)c1. The van der Waals surface area contributed by atoms with Crippen LogP contribution in [0, 0.1) is 20.8 Å². The Labute approximate surface area is 120 Å². The predicted molar refractivity (Wildman–Crippen MR) is 80.3 cm³/mol. The second-order valence-electron chi connectivity index (χ2n) is 4.86. The monoisotopic (exact) mass is 315 g/mol. The number of rotatable bonds is 1. The molecule has 0 spiro atoms. The van der Waals surface area contributed by atoms with Crippen LogP contribution in [-0.4, -0.2) is 14.6 Å². The minimum absolute atomic E-state index is 0.800. The van der Waals surface area contributed by atoms with Crippen molar-refractivity contribution in [2.45, 2.75) is 20.8 Å². The van der Waals surface area contributed by atoms with Gasteiger partial charge in [0.15, 0.2) is 5.65 Å².